The summed E-state index contributed by atoms with van der Waals surface area (Å²) in [6.45, 7) is 1.85. The lowest BCUT2D eigenvalue weighted by Crippen LogP contribution is -2.04. The molecule has 7 nitrogen and oxygen atoms in total. The predicted molar refractivity (Wildman–Crippen MR) is 139 cm³/mol. The Bertz CT molecular complexity index is 1560. The highest BCUT2D eigenvalue weighted by Crippen LogP contribution is 2.40. The number of nitrogens with zero attached hydrogens (tertiary/aromatic N) is 2. The van der Waals surface area contributed by atoms with Crippen molar-refractivity contribution in [3.05, 3.63) is 94.3 Å². The Morgan fingerprint density at radius 1 is 1.03 bits per heavy atom. The van der Waals surface area contributed by atoms with Crippen LogP contribution in [-0.4, -0.2) is 32.1 Å². The Morgan fingerprint density at radius 3 is 2.50 bits per heavy atom. The van der Waals surface area contributed by atoms with E-state index in [0.717, 1.165) is 11.1 Å². The van der Waals surface area contributed by atoms with Crippen molar-refractivity contribution >= 4 is 40.8 Å². The Hall–Kier alpha value is -4.49. The summed E-state index contributed by atoms with van der Waals surface area (Å²) < 4.78 is 0. The normalized spacial score (nSPS) is 13.5. The van der Waals surface area contributed by atoms with Gasteiger partial charge in [-0.05, 0) is 47.9 Å². The molecule has 5 rings (SSSR count). The SMILES string of the molecule is Cc1ccc(/C=C2\C(=O)Nc3cc(Cl)c(-c4ncc(-c5ccccc5O)cn4)cc32)cc1CC(=O)O. The molecule has 36 heavy (non-hydrogen) atoms. The quantitative estimate of drug-likeness (QED) is 0.309. The number of phenolic OH excluding ortho intramolecular Hbond substituents is 1. The van der Waals surface area contributed by atoms with Crippen molar-refractivity contribution < 1.29 is 19.8 Å². The van der Waals surface area contributed by atoms with E-state index in [4.69, 9.17) is 11.6 Å². The zero-order valence-corrected chi connectivity index (χ0v) is 19.9. The summed E-state index contributed by atoms with van der Waals surface area (Å²) in [7, 11) is 0. The van der Waals surface area contributed by atoms with Crippen LogP contribution < -0.4 is 5.32 Å². The van der Waals surface area contributed by atoms with E-state index in [9.17, 15) is 19.8 Å². The number of amides is 1. The zero-order valence-electron chi connectivity index (χ0n) is 19.1. The summed E-state index contributed by atoms with van der Waals surface area (Å²) in [5.74, 6) is -0.694. The van der Waals surface area contributed by atoms with E-state index in [1.165, 1.54) is 0 Å². The number of aromatic nitrogens is 2. The second kappa shape index (κ2) is 9.28. The first-order valence-corrected chi connectivity index (χ1v) is 11.5. The zero-order chi connectivity index (χ0) is 25.4. The second-order valence-corrected chi connectivity index (χ2v) is 8.87. The van der Waals surface area contributed by atoms with Gasteiger partial charge in [-0.1, -0.05) is 48.0 Å². The van der Waals surface area contributed by atoms with Gasteiger partial charge in [0.2, 0.25) is 0 Å². The van der Waals surface area contributed by atoms with Crippen LogP contribution >= 0.6 is 11.6 Å². The number of benzene rings is 3. The predicted octanol–water partition coefficient (Wildman–Crippen LogP) is 5.60. The van der Waals surface area contributed by atoms with Gasteiger partial charge in [0.25, 0.3) is 5.91 Å². The number of carboxylic acids is 1. The van der Waals surface area contributed by atoms with E-state index in [1.54, 1.807) is 54.9 Å². The largest absolute Gasteiger partial charge is 0.507 e. The first-order chi connectivity index (χ1) is 17.3. The number of nitrogens with one attached hydrogen (secondary N) is 1. The molecule has 1 amide bonds. The number of para-hydroxylation sites is 1. The molecule has 2 heterocycles. The lowest BCUT2D eigenvalue weighted by atomic mass is 9.98. The van der Waals surface area contributed by atoms with Crippen LogP contribution in [0.4, 0.5) is 5.69 Å². The van der Waals surface area contributed by atoms with Gasteiger partial charge in [-0.2, -0.15) is 0 Å². The number of carbonyl (C=O) groups excluding carboxylic acids is 1. The fourth-order valence-electron chi connectivity index (χ4n) is 4.15. The molecule has 0 unspecified atom stereocenters. The van der Waals surface area contributed by atoms with Gasteiger partial charge in [-0.15, -0.1) is 0 Å². The summed E-state index contributed by atoms with van der Waals surface area (Å²) in [6, 6.07) is 15.8. The minimum absolute atomic E-state index is 0.0977. The molecule has 0 fully saturated rings. The molecule has 0 atom stereocenters. The number of rotatable bonds is 5. The average Bonchev–Trinajstić information content (AvgIpc) is 3.14. The smallest absolute Gasteiger partial charge is 0.307 e. The Labute approximate surface area is 211 Å². The van der Waals surface area contributed by atoms with E-state index in [1.807, 2.05) is 25.1 Å². The number of halogens is 1. The first-order valence-electron chi connectivity index (χ1n) is 11.1. The maximum Gasteiger partial charge on any atom is 0.307 e. The monoisotopic (exact) mass is 497 g/mol. The summed E-state index contributed by atoms with van der Waals surface area (Å²) in [4.78, 5) is 32.9. The molecule has 0 aliphatic carbocycles. The van der Waals surface area contributed by atoms with Gasteiger partial charge < -0.3 is 15.5 Å². The fraction of sp³-hybridized carbons (Fsp3) is 0.0714. The molecule has 1 aliphatic rings. The van der Waals surface area contributed by atoms with Gasteiger partial charge in [-0.25, -0.2) is 9.97 Å². The number of hydrogen-bond donors (Lipinski definition) is 3. The molecule has 0 saturated heterocycles. The van der Waals surface area contributed by atoms with Crippen molar-refractivity contribution in [2.24, 2.45) is 0 Å². The molecule has 1 aliphatic heterocycles. The molecule has 0 spiro atoms. The van der Waals surface area contributed by atoms with Gasteiger partial charge in [0.1, 0.15) is 5.75 Å². The number of carbonyl (C=O) groups is 2. The highest BCUT2D eigenvalue weighted by atomic mass is 35.5. The van der Waals surface area contributed by atoms with Crippen LogP contribution in [0.25, 0.3) is 34.2 Å². The fourth-order valence-corrected chi connectivity index (χ4v) is 4.40. The maximum atomic E-state index is 12.8. The number of aryl methyl sites for hydroxylation is 1. The van der Waals surface area contributed by atoms with Crippen LogP contribution in [-0.2, 0) is 16.0 Å². The molecule has 178 valence electrons. The number of anilines is 1. The Kier molecular flexibility index (Phi) is 6.00. The van der Waals surface area contributed by atoms with Crippen LogP contribution in [0.2, 0.25) is 5.02 Å². The summed E-state index contributed by atoms with van der Waals surface area (Å²) >= 11 is 6.52. The van der Waals surface area contributed by atoms with E-state index in [-0.39, 0.29) is 18.1 Å². The number of carboxylic acid groups (broad SMARTS) is 1. The molecule has 1 aromatic heterocycles. The molecular formula is C28H20ClN3O4. The third-order valence-corrected chi connectivity index (χ3v) is 6.34. The minimum Gasteiger partial charge on any atom is -0.507 e. The summed E-state index contributed by atoms with van der Waals surface area (Å²) in [5.41, 5.74) is 5.74. The van der Waals surface area contributed by atoms with Crippen LogP contribution in [0.5, 0.6) is 5.75 Å². The number of fused-ring (bicyclic) bond motifs is 1. The molecule has 8 heteroatoms. The average molecular weight is 498 g/mol. The maximum absolute atomic E-state index is 12.8. The molecule has 3 N–H and O–H groups in total. The molecule has 0 saturated carbocycles. The van der Waals surface area contributed by atoms with Crippen molar-refractivity contribution in [1.29, 1.82) is 0 Å². The Morgan fingerprint density at radius 2 is 1.78 bits per heavy atom. The van der Waals surface area contributed by atoms with Crippen molar-refractivity contribution in [1.82, 2.24) is 9.97 Å². The lowest BCUT2D eigenvalue weighted by molar-refractivity contribution is -0.136. The molecule has 0 radical (unpaired) electrons. The number of aliphatic carboxylic acids is 1. The molecular weight excluding hydrogens is 478 g/mol. The van der Waals surface area contributed by atoms with E-state index in [2.05, 4.69) is 15.3 Å². The second-order valence-electron chi connectivity index (χ2n) is 8.46. The van der Waals surface area contributed by atoms with E-state index >= 15 is 0 Å². The van der Waals surface area contributed by atoms with Gasteiger partial charge in [0, 0.05) is 40.2 Å². The van der Waals surface area contributed by atoms with E-state index in [0.29, 0.717) is 49.9 Å². The van der Waals surface area contributed by atoms with Gasteiger partial charge in [0.05, 0.1) is 17.1 Å². The molecule has 4 aromatic rings. The molecule has 0 bridgehead atoms. The van der Waals surface area contributed by atoms with Crippen LogP contribution in [0.3, 0.4) is 0 Å². The van der Waals surface area contributed by atoms with Crippen molar-refractivity contribution in [3.8, 4) is 28.3 Å². The summed E-state index contributed by atoms with van der Waals surface area (Å²) in [6.07, 6.45) is 4.85. The van der Waals surface area contributed by atoms with Crippen LogP contribution in [0.1, 0.15) is 22.3 Å². The number of aromatic hydroxyl groups is 1. The first kappa shape index (κ1) is 23.3. The van der Waals surface area contributed by atoms with Crippen LogP contribution in [0.15, 0.2) is 67.0 Å². The number of phenols is 1. The van der Waals surface area contributed by atoms with Gasteiger partial charge >= 0.3 is 5.97 Å². The summed E-state index contributed by atoms with van der Waals surface area (Å²) in [5, 5.41) is 22.5. The standard InChI is InChI=1S/C28H20ClN3O4/c1-15-6-7-16(8-17(15)10-26(34)35)9-21-20-11-22(23(29)12-24(20)32-28(21)36)27-30-13-18(14-31-27)19-4-2-3-5-25(19)33/h2-9,11-14,33H,10H2,1H3,(H,32,36)(H,34,35)/b21-9-. The van der Waals surface area contributed by atoms with Crippen molar-refractivity contribution in [2.45, 2.75) is 13.3 Å². The van der Waals surface area contributed by atoms with Crippen LogP contribution in [0, 0.1) is 6.92 Å². The lowest BCUT2D eigenvalue weighted by Gasteiger charge is -2.09. The third kappa shape index (κ3) is 4.44. The third-order valence-electron chi connectivity index (χ3n) is 6.02. The topological polar surface area (TPSA) is 112 Å². The minimum atomic E-state index is -0.917. The Balaban J connectivity index is 1.53. The van der Waals surface area contributed by atoms with Gasteiger partial charge in [-0.3, -0.25) is 9.59 Å². The highest BCUT2D eigenvalue weighted by molar-refractivity contribution is 6.38. The number of hydrogen-bond acceptors (Lipinski definition) is 5. The highest BCUT2D eigenvalue weighted by Gasteiger charge is 2.26. The molecule has 3 aromatic carbocycles. The van der Waals surface area contributed by atoms with Crippen molar-refractivity contribution in [2.75, 3.05) is 5.32 Å². The van der Waals surface area contributed by atoms with Crippen molar-refractivity contribution in [3.63, 3.8) is 0 Å². The van der Waals surface area contributed by atoms with Gasteiger partial charge in [0.15, 0.2) is 5.82 Å². The van der Waals surface area contributed by atoms with E-state index < -0.39 is 5.97 Å².